The van der Waals surface area contributed by atoms with Gasteiger partial charge in [-0.1, -0.05) is 17.3 Å². The Bertz CT molecular complexity index is 986. The third kappa shape index (κ3) is 4.21. The summed E-state index contributed by atoms with van der Waals surface area (Å²) in [6, 6.07) is 13.7. The van der Waals surface area contributed by atoms with E-state index in [2.05, 4.69) is 15.4 Å². The van der Waals surface area contributed by atoms with E-state index in [1.54, 1.807) is 14.2 Å². The molecule has 0 saturated carbocycles. The molecule has 29 heavy (non-hydrogen) atoms. The van der Waals surface area contributed by atoms with Crippen LogP contribution < -0.4 is 14.8 Å². The van der Waals surface area contributed by atoms with Gasteiger partial charge in [0.1, 0.15) is 17.3 Å². The second kappa shape index (κ2) is 8.55. The molecule has 1 aliphatic heterocycles. The van der Waals surface area contributed by atoms with Crippen LogP contribution in [0.25, 0.3) is 0 Å². The van der Waals surface area contributed by atoms with Crippen LogP contribution in [-0.4, -0.2) is 35.9 Å². The third-order valence-electron chi connectivity index (χ3n) is 5.16. The van der Waals surface area contributed by atoms with E-state index in [9.17, 15) is 5.11 Å². The van der Waals surface area contributed by atoms with Crippen molar-refractivity contribution in [1.82, 2.24) is 10.1 Å². The van der Waals surface area contributed by atoms with Crippen molar-refractivity contribution in [2.75, 3.05) is 26.1 Å². The van der Waals surface area contributed by atoms with Crippen molar-refractivity contribution in [2.45, 2.75) is 26.1 Å². The molecule has 0 atom stereocenters. The van der Waals surface area contributed by atoms with E-state index in [-0.39, 0.29) is 6.61 Å². The van der Waals surface area contributed by atoms with Gasteiger partial charge < -0.3 is 24.4 Å². The fourth-order valence-electron chi connectivity index (χ4n) is 3.65. The molecule has 2 heterocycles. The first kappa shape index (κ1) is 19.3. The smallest absolute Gasteiger partial charge is 0.178 e. The summed E-state index contributed by atoms with van der Waals surface area (Å²) in [4.78, 5) is 2.35. The molecule has 0 amide bonds. The maximum atomic E-state index is 9.56. The molecule has 7 heteroatoms. The number of ether oxygens (including phenoxy) is 2. The Morgan fingerprint density at radius 1 is 1.17 bits per heavy atom. The molecular formula is C22H25N3O4. The second-order valence-electron chi connectivity index (χ2n) is 7.05. The molecule has 0 spiro atoms. The number of anilines is 2. The summed E-state index contributed by atoms with van der Waals surface area (Å²) < 4.78 is 16.1. The molecule has 1 aromatic heterocycles. The van der Waals surface area contributed by atoms with Gasteiger partial charge in [-0.2, -0.15) is 0 Å². The Morgan fingerprint density at radius 2 is 2.07 bits per heavy atom. The average molecular weight is 395 g/mol. The summed E-state index contributed by atoms with van der Waals surface area (Å²) in [5.41, 5.74) is 3.92. The van der Waals surface area contributed by atoms with Crippen LogP contribution in [0.15, 0.2) is 47.0 Å². The molecule has 0 unspecified atom stereocenters. The molecule has 2 N–H and O–H groups in total. The molecule has 0 bridgehead atoms. The predicted molar refractivity (Wildman–Crippen MR) is 110 cm³/mol. The number of nitrogens with one attached hydrogen (secondary N) is 1. The summed E-state index contributed by atoms with van der Waals surface area (Å²) in [6.45, 7) is 2.37. The van der Waals surface area contributed by atoms with E-state index in [1.807, 2.05) is 42.5 Å². The summed E-state index contributed by atoms with van der Waals surface area (Å²) in [7, 11) is 3.26. The van der Waals surface area contributed by atoms with Crippen molar-refractivity contribution in [3.63, 3.8) is 0 Å². The van der Waals surface area contributed by atoms with Crippen molar-refractivity contribution in [3.05, 3.63) is 64.9 Å². The quantitative estimate of drug-likeness (QED) is 0.634. The molecule has 0 aliphatic carbocycles. The molecule has 4 rings (SSSR count). The van der Waals surface area contributed by atoms with E-state index < -0.39 is 0 Å². The molecule has 3 aromatic rings. The number of aliphatic hydroxyl groups is 1. The largest absolute Gasteiger partial charge is 0.497 e. The van der Waals surface area contributed by atoms with Gasteiger partial charge in [0, 0.05) is 43.4 Å². The van der Waals surface area contributed by atoms with Crippen LogP contribution in [0.5, 0.6) is 11.5 Å². The van der Waals surface area contributed by atoms with Crippen molar-refractivity contribution < 1.29 is 19.1 Å². The van der Waals surface area contributed by atoms with Gasteiger partial charge in [-0.05, 0) is 29.8 Å². The minimum Gasteiger partial charge on any atom is -0.497 e. The summed E-state index contributed by atoms with van der Waals surface area (Å²) >= 11 is 0. The Morgan fingerprint density at radius 3 is 2.86 bits per heavy atom. The van der Waals surface area contributed by atoms with Gasteiger partial charge in [-0.15, -0.1) is 0 Å². The standard InChI is InChI=1S/C22H25N3O4/c1-27-18-5-3-4-17(11-18)23-22-19-13-25(9-8-21(19)29-24-22)12-15-6-7-20(28-2)16(10-15)14-26/h3-7,10-11,26H,8-9,12-14H2,1-2H3,(H,23,24). The minimum absolute atomic E-state index is 0.0403. The van der Waals surface area contributed by atoms with Gasteiger partial charge >= 0.3 is 0 Å². The monoisotopic (exact) mass is 395 g/mol. The van der Waals surface area contributed by atoms with Gasteiger partial charge in [0.05, 0.1) is 26.4 Å². The Labute approximate surface area is 169 Å². The van der Waals surface area contributed by atoms with Crippen molar-refractivity contribution in [1.29, 1.82) is 0 Å². The lowest BCUT2D eigenvalue weighted by atomic mass is 10.1. The molecule has 0 fully saturated rings. The molecule has 152 valence electrons. The zero-order chi connectivity index (χ0) is 20.2. The zero-order valence-corrected chi connectivity index (χ0v) is 16.6. The third-order valence-corrected chi connectivity index (χ3v) is 5.16. The SMILES string of the molecule is COc1cccc(Nc2noc3c2CN(Cc2ccc(OC)c(CO)c2)CC3)c1. The minimum atomic E-state index is -0.0403. The fourth-order valence-corrected chi connectivity index (χ4v) is 3.65. The average Bonchev–Trinajstić information content (AvgIpc) is 3.15. The Balaban J connectivity index is 1.49. The number of aliphatic hydroxyl groups excluding tert-OH is 1. The molecule has 1 aliphatic rings. The number of nitrogens with zero attached hydrogens (tertiary/aromatic N) is 2. The highest BCUT2D eigenvalue weighted by molar-refractivity contribution is 5.61. The molecule has 0 radical (unpaired) electrons. The Hall–Kier alpha value is -3.03. The van der Waals surface area contributed by atoms with Gasteiger partial charge in [0.25, 0.3) is 0 Å². The molecule has 2 aromatic carbocycles. The first-order valence-electron chi connectivity index (χ1n) is 9.57. The normalized spacial score (nSPS) is 13.8. The van der Waals surface area contributed by atoms with Crippen LogP contribution in [0.2, 0.25) is 0 Å². The first-order valence-corrected chi connectivity index (χ1v) is 9.57. The predicted octanol–water partition coefficient (Wildman–Crippen LogP) is 3.49. The first-order chi connectivity index (χ1) is 14.2. The van der Waals surface area contributed by atoms with Crippen LogP contribution in [0.4, 0.5) is 11.5 Å². The van der Waals surface area contributed by atoms with Crippen molar-refractivity contribution in [3.8, 4) is 11.5 Å². The van der Waals surface area contributed by atoms with E-state index in [0.717, 1.165) is 65.8 Å². The van der Waals surface area contributed by atoms with E-state index >= 15 is 0 Å². The summed E-state index contributed by atoms with van der Waals surface area (Å²) in [5, 5.41) is 17.1. The zero-order valence-electron chi connectivity index (χ0n) is 16.6. The van der Waals surface area contributed by atoms with Gasteiger partial charge in [0.15, 0.2) is 5.82 Å². The summed E-state index contributed by atoms with van der Waals surface area (Å²) in [6.07, 6.45) is 0.811. The summed E-state index contributed by atoms with van der Waals surface area (Å²) in [5.74, 6) is 3.16. The van der Waals surface area contributed by atoms with E-state index in [0.29, 0.717) is 5.75 Å². The number of hydrogen-bond acceptors (Lipinski definition) is 7. The number of rotatable bonds is 7. The number of fused-ring (bicyclic) bond motifs is 1. The lowest BCUT2D eigenvalue weighted by molar-refractivity contribution is 0.228. The number of aromatic nitrogens is 1. The maximum Gasteiger partial charge on any atom is 0.178 e. The molecular weight excluding hydrogens is 370 g/mol. The lowest BCUT2D eigenvalue weighted by Gasteiger charge is -2.26. The maximum absolute atomic E-state index is 9.56. The van der Waals surface area contributed by atoms with Crippen LogP contribution in [-0.2, 0) is 26.1 Å². The van der Waals surface area contributed by atoms with Crippen LogP contribution in [0.3, 0.4) is 0 Å². The number of methoxy groups -OCH3 is 2. The number of benzene rings is 2. The van der Waals surface area contributed by atoms with Gasteiger partial charge in [0.2, 0.25) is 0 Å². The van der Waals surface area contributed by atoms with Gasteiger partial charge in [-0.25, -0.2) is 0 Å². The highest BCUT2D eigenvalue weighted by Crippen LogP contribution is 2.30. The van der Waals surface area contributed by atoms with Crippen LogP contribution in [0.1, 0.15) is 22.5 Å². The van der Waals surface area contributed by atoms with Crippen molar-refractivity contribution >= 4 is 11.5 Å². The fraction of sp³-hybridized carbons (Fsp3) is 0.318. The highest BCUT2D eigenvalue weighted by Gasteiger charge is 2.24. The van der Waals surface area contributed by atoms with Crippen LogP contribution in [0, 0.1) is 0 Å². The topological polar surface area (TPSA) is 80.0 Å². The lowest BCUT2D eigenvalue weighted by Crippen LogP contribution is -2.29. The number of hydrogen-bond donors (Lipinski definition) is 2. The van der Waals surface area contributed by atoms with E-state index in [4.69, 9.17) is 14.0 Å². The van der Waals surface area contributed by atoms with E-state index in [1.165, 1.54) is 0 Å². The second-order valence-corrected chi connectivity index (χ2v) is 7.05. The van der Waals surface area contributed by atoms with Crippen LogP contribution >= 0.6 is 0 Å². The van der Waals surface area contributed by atoms with Gasteiger partial charge in [-0.3, -0.25) is 4.90 Å². The van der Waals surface area contributed by atoms with Crippen molar-refractivity contribution in [2.24, 2.45) is 0 Å². The highest BCUT2D eigenvalue weighted by atomic mass is 16.5. The Kier molecular flexibility index (Phi) is 5.69. The molecule has 0 saturated heterocycles. The molecule has 7 nitrogen and oxygen atoms in total.